The van der Waals surface area contributed by atoms with Gasteiger partial charge in [0.05, 0.1) is 0 Å². The predicted octanol–water partition coefficient (Wildman–Crippen LogP) is -1.34. The first-order valence-corrected chi connectivity index (χ1v) is 3.25. The Morgan fingerprint density at radius 1 is 1.83 bits per heavy atom. The van der Waals surface area contributed by atoms with Crippen LogP contribution in [0.3, 0.4) is 0 Å². The van der Waals surface area contributed by atoms with Crippen LogP contribution in [-0.2, 0) is 4.79 Å². The summed E-state index contributed by atoms with van der Waals surface area (Å²) in [6, 6.07) is -0.814. The summed E-state index contributed by atoms with van der Waals surface area (Å²) in [5.74, 6) is -1.28. The number of guanidine groups is 1. The first kappa shape index (κ1) is 10.3. The topological polar surface area (TPSA) is 111 Å². The Morgan fingerprint density at radius 2 is 2.42 bits per heavy atom. The monoisotopic (exact) mass is 172 g/mol. The Kier molecular flexibility index (Phi) is 4.28. The molecule has 0 bridgehead atoms. The van der Waals surface area contributed by atoms with E-state index in [4.69, 9.17) is 16.2 Å². The SMILES string of the molecule is C=CNC(CNC(=N)N)C(=O)O. The third-order valence-corrected chi connectivity index (χ3v) is 1.11. The lowest BCUT2D eigenvalue weighted by Crippen LogP contribution is -2.45. The van der Waals surface area contributed by atoms with Crippen molar-refractivity contribution in [2.24, 2.45) is 5.73 Å². The van der Waals surface area contributed by atoms with Gasteiger partial charge in [0, 0.05) is 6.54 Å². The largest absolute Gasteiger partial charge is 0.480 e. The number of carbonyl (C=O) groups is 1. The lowest BCUT2D eigenvalue weighted by molar-refractivity contribution is -0.138. The van der Waals surface area contributed by atoms with Crippen LogP contribution in [0, 0.1) is 5.41 Å². The lowest BCUT2D eigenvalue weighted by atomic mass is 10.3. The van der Waals surface area contributed by atoms with E-state index in [2.05, 4.69) is 17.2 Å². The van der Waals surface area contributed by atoms with E-state index >= 15 is 0 Å². The highest BCUT2D eigenvalue weighted by Gasteiger charge is 2.14. The maximum atomic E-state index is 10.4. The van der Waals surface area contributed by atoms with Crippen LogP contribution >= 0.6 is 0 Å². The van der Waals surface area contributed by atoms with Crippen molar-refractivity contribution in [1.29, 1.82) is 5.41 Å². The van der Waals surface area contributed by atoms with Crippen molar-refractivity contribution in [2.45, 2.75) is 6.04 Å². The van der Waals surface area contributed by atoms with E-state index in [1.807, 2.05) is 0 Å². The second-order valence-electron chi connectivity index (χ2n) is 2.06. The zero-order valence-electron chi connectivity index (χ0n) is 6.50. The maximum absolute atomic E-state index is 10.4. The van der Waals surface area contributed by atoms with E-state index in [-0.39, 0.29) is 12.5 Å². The molecule has 6 nitrogen and oxygen atoms in total. The molecule has 0 aliphatic rings. The first-order valence-electron chi connectivity index (χ1n) is 3.25. The molecule has 0 aromatic heterocycles. The molecule has 0 amide bonds. The van der Waals surface area contributed by atoms with Gasteiger partial charge in [-0.25, -0.2) is 4.79 Å². The summed E-state index contributed by atoms with van der Waals surface area (Å²) in [5, 5.41) is 20.2. The van der Waals surface area contributed by atoms with E-state index in [1.165, 1.54) is 6.20 Å². The normalized spacial score (nSPS) is 11.3. The van der Waals surface area contributed by atoms with Gasteiger partial charge < -0.3 is 21.5 Å². The zero-order chi connectivity index (χ0) is 9.56. The van der Waals surface area contributed by atoms with Crippen molar-refractivity contribution in [3.05, 3.63) is 12.8 Å². The minimum atomic E-state index is -1.02. The molecule has 0 rings (SSSR count). The molecule has 0 fully saturated rings. The van der Waals surface area contributed by atoms with Gasteiger partial charge in [-0.2, -0.15) is 0 Å². The third kappa shape index (κ3) is 4.15. The number of nitrogens with two attached hydrogens (primary N) is 1. The van der Waals surface area contributed by atoms with Crippen LogP contribution in [0.4, 0.5) is 0 Å². The Balaban J connectivity index is 3.86. The molecular formula is C6H12N4O2. The summed E-state index contributed by atoms with van der Waals surface area (Å²) in [4.78, 5) is 10.4. The van der Waals surface area contributed by atoms with Gasteiger partial charge in [0.1, 0.15) is 6.04 Å². The van der Waals surface area contributed by atoms with Crippen molar-refractivity contribution in [3.63, 3.8) is 0 Å². The fourth-order valence-electron chi connectivity index (χ4n) is 0.572. The van der Waals surface area contributed by atoms with Gasteiger partial charge in [0.15, 0.2) is 5.96 Å². The summed E-state index contributed by atoms with van der Waals surface area (Å²) >= 11 is 0. The number of carboxylic acids is 1. The van der Waals surface area contributed by atoms with Crippen LogP contribution in [0.2, 0.25) is 0 Å². The smallest absolute Gasteiger partial charge is 0.327 e. The molecular weight excluding hydrogens is 160 g/mol. The van der Waals surface area contributed by atoms with Crippen LogP contribution < -0.4 is 16.4 Å². The maximum Gasteiger partial charge on any atom is 0.327 e. The van der Waals surface area contributed by atoms with Gasteiger partial charge in [0.25, 0.3) is 0 Å². The summed E-state index contributed by atoms with van der Waals surface area (Å²) in [6.07, 6.45) is 1.28. The Hall–Kier alpha value is -1.72. The Morgan fingerprint density at radius 3 is 2.75 bits per heavy atom. The van der Waals surface area contributed by atoms with E-state index in [9.17, 15) is 4.79 Å². The molecule has 0 saturated heterocycles. The molecule has 68 valence electrons. The molecule has 6 N–H and O–H groups in total. The van der Waals surface area contributed by atoms with Crippen molar-refractivity contribution in [1.82, 2.24) is 10.6 Å². The van der Waals surface area contributed by atoms with Crippen LogP contribution in [0.5, 0.6) is 0 Å². The number of rotatable bonds is 5. The number of aliphatic carboxylic acids is 1. The fraction of sp³-hybridized carbons (Fsp3) is 0.333. The molecule has 6 heteroatoms. The average Bonchev–Trinajstić information content (AvgIpc) is 1.96. The second-order valence-corrected chi connectivity index (χ2v) is 2.06. The molecule has 1 atom stereocenters. The Labute approximate surface area is 70.0 Å². The van der Waals surface area contributed by atoms with E-state index in [1.54, 1.807) is 0 Å². The molecule has 0 aliphatic carbocycles. The average molecular weight is 172 g/mol. The summed E-state index contributed by atoms with van der Waals surface area (Å²) in [7, 11) is 0. The zero-order valence-corrected chi connectivity index (χ0v) is 6.50. The minimum absolute atomic E-state index is 0.0523. The molecule has 12 heavy (non-hydrogen) atoms. The molecule has 0 aliphatic heterocycles. The van der Waals surface area contributed by atoms with Crippen LogP contribution in [-0.4, -0.2) is 29.6 Å². The second kappa shape index (κ2) is 5.00. The van der Waals surface area contributed by atoms with Gasteiger partial charge in [0.2, 0.25) is 0 Å². The van der Waals surface area contributed by atoms with Gasteiger partial charge in [-0.3, -0.25) is 5.41 Å². The van der Waals surface area contributed by atoms with Gasteiger partial charge in [-0.15, -0.1) is 0 Å². The summed E-state index contributed by atoms with van der Waals surface area (Å²) in [5.41, 5.74) is 4.96. The molecule has 0 radical (unpaired) electrons. The molecule has 0 aromatic rings. The summed E-state index contributed by atoms with van der Waals surface area (Å²) in [6.45, 7) is 3.38. The first-order chi connectivity index (χ1) is 5.57. The Bertz CT molecular complexity index is 192. The van der Waals surface area contributed by atoms with Crippen LogP contribution in [0.15, 0.2) is 12.8 Å². The standard InChI is InChI=1S/C6H12N4O2/c1-2-9-4(5(11)12)3-10-6(7)8/h2,4,9H,1,3H2,(H,11,12)(H4,7,8,10). The molecule has 0 aromatic carbocycles. The van der Waals surface area contributed by atoms with Crippen molar-refractivity contribution in [2.75, 3.05) is 6.54 Å². The van der Waals surface area contributed by atoms with Gasteiger partial charge in [-0.05, 0) is 6.20 Å². The lowest BCUT2D eigenvalue weighted by Gasteiger charge is -2.12. The molecule has 0 saturated carbocycles. The molecule has 0 heterocycles. The highest BCUT2D eigenvalue weighted by Crippen LogP contribution is 1.80. The fourth-order valence-corrected chi connectivity index (χ4v) is 0.572. The van der Waals surface area contributed by atoms with E-state index in [0.717, 1.165) is 0 Å². The number of carboxylic acid groups (broad SMARTS) is 1. The minimum Gasteiger partial charge on any atom is -0.480 e. The van der Waals surface area contributed by atoms with Crippen molar-refractivity contribution >= 4 is 11.9 Å². The number of nitrogens with one attached hydrogen (secondary N) is 3. The molecule has 1 unspecified atom stereocenters. The quantitative estimate of drug-likeness (QED) is 0.260. The van der Waals surface area contributed by atoms with Crippen molar-refractivity contribution < 1.29 is 9.90 Å². The third-order valence-electron chi connectivity index (χ3n) is 1.11. The van der Waals surface area contributed by atoms with Crippen LogP contribution in [0.25, 0.3) is 0 Å². The van der Waals surface area contributed by atoms with E-state index < -0.39 is 12.0 Å². The number of hydrogen-bond donors (Lipinski definition) is 5. The highest BCUT2D eigenvalue weighted by molar-refractivity contribution is 5.77. The van der Waals surface area contributed by atoms with Gasteiger partial charge >= 0.3 is 5.97 Å². The van der Waals surface area contributed by atoms with Crippen LogP contribution in [0.1, 0.15) is 0 Å². The molecule has 0 spiro atoms. The number of hydrogen-bond acceptors (Lipinski definition) is 3. The summed E-state index contributed by atoms with van der Waals surface area (Å²) < 4.78 is 0. The predicted molar refractivity (Wildman–Crippen MR) is 44.7 cm³/mol. The van der Waals surface area contributed by atoms with Gasteiger partial charge in [-0.1, -0.05) is 6.58 Å². The highest BCUT2D eigenvalue weighted by atomic mass is 16.4. The van der Waals surface area contributed by atoms with Crippen molar-refractivity contribution in [3.8, 4) is 0 Å². The van der Waals surface area contributed by atoms with E-state index in [0.29, 0.717) is 0 Å².